The Kier molecular flexibility index (Phi) is 6.01. The predicted molar refractivity (Wildman–Crippen MR) is 116 cm³/mol. The molecule has 1 aliphatic heterocycles. The normalized spacial score (nSPS) is 35.4. The van der Waals surface area contributed by atoms with Crippen molar-refractivity contribution in [2.45, 2.75) is 89.6 Å². The maximum atomic E-state index is 14.7. The van der Waals surface area contributed by atoms with E-state index >= 15 is 0 Å². The molecule has 1 nitrogen and oxygen atoms in total. The zero-order chi connectivity index (χ0) is 20.7. The van der Waals surface area contributed by atoms with Gasteiger partial charge in [0.1, 0.15) is 6.10 Å². The van der Waals surface area contributed by atoms with E-state index in [1.807, 2.05) is 6.07 Å². The van der Waals surface area contributed by atoms with E-state index in [-0.39, 0.29) is 12.0 Å². The molecule has 1 heterocycles. The molecule has 0 amide bonds. The molecule has 1 aromatic rings. The molecule has 3 fully saturated rings. The van der Waals surface area contributed by atoms with Crippen molar-refractivity contribution in [1.82, 2.24) is 0 Å². The lowest BCUT2D eigenvalue weighted by Gasteiger charge is -2.30. The van der Waals surface area contributed by atoms with Crippen LogP contribution in [0.15, 0.2) is 23.8 Å². The van der Waals surface area contributed by atoms with Crippen molar-refractivity contribution >= 4 is 0 Å². The van der Waals surface area contributed by atoms with Crippen LogP contribution in [0.2, 0.25) is 0 Å². The Balaban J connectivity index is 1.12. The van der Waals surface area contributed by atoms with Gasteiger partial charge in [0.25, 0.3) is 0 Å². The summed E-state index contributed by atoms with van der Waals surface area (Å²) in [4.78, 5) is 0. The first-order valence-electron chi connectivity index (χ1n) is 12.4. The number of ether oxygens (including phenoxy) is 1. The Hall–Kier alpha value is -1.22. The maximum absolute atomic E-state index is 14.7. The third kappa shape index (κ3) is 3.99. The van der Waals surface area contributed by atoms with E-state index in [9.17, 15) is 8.78 Å². The lowest BCUT2D eigenvalue weighted by Crippen LogP contribution is -2.16. The molecule has 0 bridgehead atoms. The Bertz CT molecular complexity index is 788. The van der Waals surface area contributed by atoms with Crippen LogP contribution in [0, 0.1) is 35.3 Å². The van der Waals surface area contributed by atoms with Crippen LogP contribution in [-0.2, 0) is 4.74 Å². The van der Waals surface area contributed by atoms with Gasteiger partial charge in [-0.25, -0.2) is 8.78 Å². The SMILES string of the molecule is CCCC1CCC2C(CCC3CCC(c4ccc(C5CO5)c(F)c4F)CC3)=CCC12. The smallest absolute Gasteiger partial charge is 0.165 e. The van der Waals surface area contributed by atoms with E-state index in [1.165, 1.54) is 44.9 Å². The molecular weight excluding hydrogens is 378 g/mol. The maximum Gasteiger partial charge on any atom is 0.165 e. The minimum Gasteiger partial charge on any atom is -0.368 e. The number of halogens is 2. The summed E-state index contributed by atoms with van der Waals surface area (Å²) in [5.74, 6) is 2.40. The highest BCUT2D eigenvalue weighted by Crippen LogP contribution is 2.51. The topological polar surface area (TPSA) is 12.5 Å². The molecule has 0 radical (unpaired) electrons. The molecule has 1 aromatic carbocycles. The fraction of sp³-hybridized carbons (Fsp3) is 0.704. The van der Waals surface area contributed by atoms with Crippen molar-refractivity contribution in [3.63, 3.8) is 0 Å². The van der Waals surface area contributed by atoms with Crippen LogP contribution < -0.4 is 0 Å². The van der Waals surface area contributed by atoms with Gasteiger partial charge in [-0.15, -0.1) is 0 Å². The lowest BCUT2D eigenvalue weighted by molar-refractivity contribution is 0.298. The number of allylic oxidation sites excluding steroid dienone is 2. The average Bonchev–Trinajstić information content (AvgIpc) is 3.40. The van der Waals surface area contributed by atoms with E-state index in [0.717, 1.165) is 49.4 Å². The highest BCUT2D eigenvalue weighted by atomic mass is 19.2. The van der Waals surface area contributed by atoms with Crippen molar-refractivity contribution in [1.29, 1.82) is 0 Å². The predicted octanol–water partition coefficient (Wildman–Crippen LogP) is 7.86. The number of benzene rings is 1. The van der Waals surface area contributed by atoms with Crippen molar-refractivity contribution < 1.29 is 13.5 Å². The number of fused-ring (bicyclic) bond motifs is 1. The van der Waals surface area contributed by atoms with Crippen molar-refractivity contribution in [3.8, 4) is 0 Å². The van der Waals surface area contributed by atoms with Crippen molar-refractivity contribution in [2.24, 2.45) is 23.7 Å². The fourth-order valence-corrected chi connectivity index (χ4v) is 6.93. The lowest BCUT2D eigenvalue weighted by atomic mass is 9.76. The van der Waals surface area contributed by atoms with Gasteiger partial charge < -0.3 is 4.74 Å². The second kappa shape index (κ2) is 8.73. The molecular formula is C27H36F2O. The summed E-state index contributed by atoms with van der Waals surface area (Å²) >= 11 is 0. The number of hydrogen-bond acceptors (Lipinski definition) is 1. The summed E-state index contributed by atoms with van der Waals surface area (Å²) < 4.78 is 34.2. The van der Waals surface area contributed by atoms with Gasteiger partial charge in [-0.1, -0.05) is 43.5 Å². The van der Waals surface area contributed by atoms with Gasteiger partial charge in [0, 0.05) is 5.56 Å². The molecule has 5 rings (SSSR count). The van der Waals surface area contributed by atoms with Gasteiger partial charge in [-0.05, 0) is 92.9 Å². The van der Waals surface area contributed by atoms with Crippen LogP contribution in [0.4, 0.5) is 8.78 Å². The molecule has 3 aliphatic carbocycles. The molecule has 4 atom stereocenters. The molecule has 164 valence electrons. The Morgan fingerprint density at radius 3 is 2.40 bits per heavy atom. The van der Waals surface area contributed by atoms with Gasteiger partial charge in [-0.2, -0.15) is 0 Å². The number of rotatable bonds is 7. The van der Waals surface area contributed by atoms with Gasteiger partial charge in [0.15, 0.2) is 11.6 Å². The Labute approximate surface area is 180 Å². The van der Waals surface area contributed by atoms with E-state index < -0.39 is 11.6 Å². The Morgan fingerprint density at radius 1 is 0.933 bits per heavy atom. The van der Waals surface area contributed by atoms with Crippen LogP contribution in [0.5, 0.6) is 0 Å². The summed E-state index contributed by atoms with van der Waals surface area (Å²) in [6.45, 7) is 2.83. The first-order chi connectivity index (χ1) is 14.7. The van der Waals surface area contributed by atoms with Crippen molar-refractivity contribution in [3.05, 3.63) is 46.5 Å². The quantitative estimate of drug-likeness (QED) is 0.327. The summed E-state index contributed by atoms with van der Waals surface area (Å²) in [7, 11) is 0. The highest BCUT2D eigenvalue weighted by Gasteiger charge is 2.40. The van der Waals surface area contributed by atoms with Crippen LogP contribution in [-0.4, -0.2) is 6.61 Å². The molecule has 4 aliphatic rings. The molecule has 1 saturated heterocycles. The first-order valence-corrected chi connectivity index (χ1v) is 12.4. The van der Waals surface area contributed by atoms with E-state index in [1.54, 1.807) is 11.6 Å². The second-order valence-electron chi connectivity index (χ2n) is 10.4. The average molecular weight is 415 g/mol. The summed E-state index contributed by atoms with van der Waals surface area (Å²) in [5, 5.41) is 0. The van der Waals surface area contributed by atoms with Crippen molar-refractivity contribution in [2.75, 3.05) is 6.61 Å². The molecule has 0 aromatic heterocycles. The van der Waals surface area contributed by atoms with E-state index in [4.69, 9.17) is 4.74 Å². The van der Waals surface area contributed by atoms with Gasteiger partial charge in [0.2, 0.25) is 0 Å². The van der Waals surface area contributed by atoms with E-state index in [2.05, 4.69) is 13.0 Å². The van der Waals surface area contributed by atoms with Crippen LogP contribution >= 0.6 is 0 Å². The monoisotopic (exact) mass is 414 g/mol. The van der Waals surface area contributed by atoms with Gasteiger partial charge in [0.05, 0.1) is 6.61 Å². The molecule has 2 saturated carbocycles. The van der Waals surface area contributed by atoms with E-state index in [0.29, 0.717) is 17.7 Å². The summed E-state index contributed by atoms with van der Waals surface area (Å²) in [5.41, 5.74) is 2.73. The summed E-state index contributed by atoms with van der Waals surface area (Å²) in [6.07, 6.45) is 16.1. The summed E-state index contributed by atoms with van der Waals surface area (Å²) in [6, 6.07) is 3.56. The molecule has 30 heavy (non-hydrogen) atoms. The van der Waals surface area contributed by atoms with Gasteiger partial charge in [-0.3, -0.25) is 0 Å². The number of epoxide rings is 1. The molecule has 4 unspecified atom stereocenters. The first kappa shape index (κ1) is 20.7. The second-order valence-corrected chi connectivity index (χ2v) is 10.4. The third-order valence-corrected chi connectivity index (χ3v) is 8.71. The Morgan fingerprint density at radius 2 is 1.67 bits per heavy atom. The number of hydrogen-bond donors (Lipinski definition) is 0. The minimum absolute atomic E-state index is 0.171. The minimum atomic E-state index is -0.683. The molecule has 0 spiro atoms. The van der Waals surface area contributed by atoms with Gasteiger partial charge >= 0.3 is 0 Å². The van der Waals surface area contributed by atoms with Crippen LogP contribution in [0.25, 0.3) is 0 Å². The standard InChI is InChI=1S/C27H36F2O/c1-2-3-18-10-12-22-19(11-13-21(18)22)7-4-17-5-8-20(9-6-17)23-14-15-24(25-16-30-25)27(29)26(23)28/h11,14-15,17-18,20-22,25H,2-10,12-13,16H2,1H3. The zero-order valence-electron chi connectivity index (χ0n) is 18.3. The molecule has 3 heteroatoms. The molecule has 0 N–H and O–H groups in total. The van der Waals surface area contributed by atoms with Crippen LogP contribution in [0.3, 0.4) is 0 Å². The largest absolute Gasteiger partial charge is 0.368 e. The third-order valence-electron chi connectivity index (χ3n) is 8.71. The van der Waals surface area contributed by atoms with Crippen LogP contribution in [0.1, 0.15) is 101 Å². The highest BCUT2D eigenvalue weighted by molar-refractivity contribution is 5.32. The zero-order valence-corrected chi connectivity index (χ0v) is 18.3. The fourth-order valence-electron chi connectivity index (χ4n) is 6.93.